The molecule has 88 valence electrons. The summed E-state index contributed by atoms with van der Waals surface area (Å²) in [5.74, 6) is -0.646. The summed E-state index contributed by atoms with van der Waals surface area (Å²) in [7, 11) is -0.892. The molecule has 1 fully saturated rings. The molecule has 1 aliphatic rings. The molecular formula is C11H13F2NOS. The van der Waals surface area contributed by atoms with Crippen LogP contribution in [0.2, 0.25) is 0 Å². The van der Waals surface area contributed by atoms with Crippen LogP contribution >= 0.6 is 0 Å². The van der Waals surface area contributed by atoms with E-state index in [2.05, 4.69) is 5.32 Å². The first-order valence-electron chi connectivity index (χ1n) is 5.12. The van der Waals surface area contributed by atoms with Crippen LogP contribution in [-0.4, -0.2) is 21.8 Å². The molecule has 1 saturated heterocycles. The van der Waals surface area contributed by atoms with Crippen molar-refractivity contribution in [3.8, 4) is 0 Å². The Hall–Kier alpha value is -0.810. The Bertz CT molecular complexity index is 424. The minimum Gasteiger partial charge on any atom is -0.306 e. The zero-order valence-corrected chi connectivity index (χ0v) is 9.69. The van der Waals surface area contributed by atoms with Crippen LogP contribution in [0.5, 0.6) is 0 Å². The highest BCUT2D eigenvalue weighted by Crippen LogP contribution is 2.21. The quantitative estimate of drug-likeness (QED) is 0.816. The van der Waals surface area contributed by atoms with Gasteiger partial charge in [0.15, 0.2) is 11.6 Å². The van der Waals surface area contributed by atoms with Crippen LogP contribution < -0.4 is 5.32 Å². The summed E-state index contributed by atoms with van der Waals surface area (Å²) in [4.78, 5) is 0. The van der Waals surface area contributed by atoms with Gasteiger partial charge in [0.25, 0.3) is 0 Å². The molecule has 1 aliphatic heterocycles. The van der Waals surface area contributed by atoms with Crippen LogP contribution in [0.3, 0.4) is 0 Å². The maximum atomic E-state index is 13.0. The molecule has 0 bridgehead atoms. The van der Waals surface area contributed by atoms with E-state index in [0.717, 1.165) is 6.07 Å². The third-order valence-electron chi connectivity index (χ3n) is 2.62. The molecule has 2 nitrogen and oxygen atoms in total. The number of rotatable bonds is 1. The summed E-state index contributed by atoms with van der Waals surface area (Å²) in [5.41, 5.74) is 0.652. The summed E-state index contributed by atoms with van der Waals surface area (Å²) in [6.45, 7) is 1.93. The summed E-state index contributed by atoms with van der Waals surface area (Å²) in [6.07, 6.45) is 0. The van der Waals surface area contributed by atoms with E-state index in [1.54, 1.807) is 0 Å². The molecule has 3 unspecified atom stereocenters. The van der Waals surface area contributed by atoms with Crippen molar-refractivity contribution in [3.05, 3.63) is 35.4 Å². The molecule has 1 aromatic carbocycles. The van der Waals surface area contributed by atoms with E-state index in [0.29, 0.717) is 17.1 Å². The third kappa shape index (κ3) is 2.47. The molecule has 0 saturated carbocycles. The van der Waals surface area contributed by atoms with Gasteiger partial charge in [0, 0.05) is 34.4 Å². The first kappa shape index (κ1) is 11.7. The maximum Gasteiger partial charge on any atom is 0.159 e. The average molecular weight is 245 g/mol. The van der Waals surface area contributed by atoms with Gasteiger partial charge in [0.1, 0.15) is 0 Å². The summed E-state index contributed by atoms with van der Waals surface area (Å²) < 4.78 is 37.3. The number of halogens is 2. The summed E-state index contributed by atoms with van der Waals surface area (Å²) >= 11 is 0. The van der Waals surface area contributed by atoms with Gasteiger partial charge in [-0.15, -0.1) is 0 Å². The van der Waals surface area contributed by atoms with Crippen LogP contribution in [0.4, 0.5) is 8.78 Å². The van der Waals surface area contributed by atoms with E-state index in [1.807, 2.05) is 6.92 Å². The highest BCUT2D eigenvalue weighted by molar-refractivity contribution is 7.85. The van der Waals surface area contributed by atoms with Crippen LogP contribution in [0, 0.1) is 11.6 Å². The smallest absolute Gasteiger partial charge is 0.159 e. The molecule has 5 heteroatoms. The van der Waals surface area contributed by atoms with Crippen molar-refractivity contribution in [3.63, 3.8) is 0 Å². The first-order chi connectivity index (χ1) is 7.56. The van der Waals surface area contributed by atoms with Gasteiger partial charge in [-0.3, -0.25) is 4.21 Å². The van der Waals surface area contributed by atoms with Crippen molar-refractivity contribution in [2.24, 2.45) is 0 Å². The molecule has 0 aromatic heterocycles. The normalized spacial score (nSPS) is 30.3. The lowest BCUT2D eigenvalue weighted by Crippen LogP contribution is -2.43. The predicted molar refractivity (Wildman–Crippen MR) is 59.6 cm³/mol. The Kier molecular flexibility index (Phi) is 3.35. The zero-order valence-electron chi connectivity index (χ0n) is 8.87. The molecule has 16 heavy (non-hydrogen) atoms. The molecule has 1 heterocycles. The topological polar surface area (TPSA) is 29.1 Å². The van der Waals surface area contributed by atoms with Crippen LogP contribution in [0.1, 0.15) is 18.5 Å². The standard InChI is InChI=1S/C11H13F2NOS/c1-7-5-16(15)6-11(14-7)8-2-3-9(12)10(13)4-8/h2-4,7,11,14H,5-6H2,1H3. The van der Waals surface area contributed by atoms with Gasteiger partial charge < -0.3 is 5.32 Å². The molecular weight excluding hydrogens is 232 g/mol. The van der Waals surface area contributed by atoms with E-state index in [4.69, 9.17) is 0 Å². The molecule has 3 atom stereocenters. The minimum absolute atomic E-state index is 0.132. The number of hydrogen-bond donors (Lipinski definition) is 1. The van der Waals surface area contributed by atoms with Crippen LogP contribution in [-0.2, 0) is 10.8 Å². The van der Waals surface area contributed by atoms with Crippen molar-refractivity contribution < 1.29 is 13.0 Å². The predicted octanol–water partition coefficient (Wildman–Crippen LogP) is 1.75. The van der Waals surface area contributed by atoms with Gasteiger partial charge in [-0.2, -0.15) is 0 Å². The second-order valence-corrected chi connectivity index (χ2v) is 5.61. The highest BCUT2D eigenvalue weighted by atomic mass is 32.2. The highest BCUT2D eigenvalue weighted by Gasteiger charge is 2.24. The van der Waals surface area contributed by atoms with Gasteiger partial charge in [-0.25, -0.2) is 8.78 Å². The summed E-state index contributed by atoms with van der Waals surface area (Å²) in [5, 5.41) is 3.23. The molecule has 1 aromatic rings. The fraction of sp³-hybridized carbons (Fsp3) is 0.455. The lowest BCUT2D eigenvalue weighted by molar-refractivity contribution is 0.477. The number of benzene rings is 1. The Balaban J connectivity index is 2.23. The Morgan fingerprint density at radius 3 is 2.69 bits per heavy atom. The van der Waals surface area contributed by atoms with E-state index in [1.165, 1.54) is 12.1 Å². The lowest BCUT2D eigenvalue weighted by Gasteiger charge is -2.28. The fourth-order valence-corrected chi connectivity index (χ4v) is 3.34. The van der Waals surface area contributed by atoms with E-state index < -0.39 is 22.4 Å². The van der Waals surface area contributed by atoms with E-state index >= 15 is 0 Å². The minimum atomic E-state index is -0.892. The van der Waals surface area contributed by atoms with Crippen LogP contribution in [0.15, 0.2) is 18.2 Å². The average Bonchev–Trinajstić information content (AvgIpc) is 2.20. The van der Waals surface area contributed by atoms with Crippen molar-refractivity contribution in [2.75, 3.05) is 11.5 Å². The Morgan fingerprint density at radius 1 is 1.31 bits per heavy atom. The Labute approximate surface area is 95.5 Å². The number of nitrogens with one attached hydrogen (secondary N) is 1. The number of hydrogen-bond acceptors (Lipinski definition) is 2. The van der Waals surface area contributed by atoms with Crippen molar-refractivity contribution in [1.82, 2.24) is 5.32 Å². The monoisotopic (exact) mass is 245 g/mol. The van der Waals surface area contributed by atoms with Crippen molar-refractivity contribution >= 4 is 10.8 Å². The molecule has 0 spiro atoms. The van der Waals surface area contributed by atoms with Crippen molar-refractivity contribution in [1.29, 1.82) is 0 Å². The lowest BCUT2D eigenvalue weighted by atomic mass is 10.1. The van der Waals surface area contributed by atoms with Gasteiger partial charge in [-0.05, 0) is 24.6 Å². The second kappa shape index (κ2) is 4.59. The van der Waals surface area contributed by atoms with Gasteiger partial charge in [0.2, 0.25) is 0 Å². The van der Waals surface area contributed by atoms with Crippen molar-refractivity contribution in [2.45, 2.75) is 19.0 Å². The fourth-order valence-electron chi connectivity index (χ4n) is 1.89. The second-order valence-electron chi connectivity index (χ2n) is 4.07. The SMILES string of the molecule is CC1CS(=O)CC(c2ccc(F)c(F)c2)N1. The van der Waals surface area contributed by atoms with Gasteiger partial charge >= 0.3 is 0 Å². The molecule has 0 aliphatic carbocycles. The van der Waals surface area contributed by atoms with E-state index in [-0.39, 0.29) is 12.1 Å². The molecule has 0 amide bonds. The molecule has 2 rings (SSSR count). The van der Waals surface area contributed by atoms with Gasteiger partial charge in [0.05, 0.1) is 0 Å². The van der Waals surface area contributed by atoms with Gasteiger partial charge in [-0.1, -0.05) is 6.07 Å². The molecule has 1 N–H and O–H groups in total. The Morgan fingerprint density at radius 2 is 2.06 bits per heavy atom. The molecule has 0 radical (unpaired) electrons. The zero-order chi connectivity index (χ0) is 11.7. The van der Waals surface area contributed by atoms with Crippen LogP contribution in [0.25, 0.3) is 0 Å². The van der Waals surface area contributed by atoms with E-state index in [9.17, 15) is 13.0 Å². The maximum absolute atomic E-state index is 13.0. The summed E-state index contributed by atoms with van der Waals surface area (Å²) in [6, 6.07) is 3.79. The first-order valence-corrected chi connectivity index (χ1v) is 6.61. The largest absolute Gasteiger partial charge is 0.306 e. The third-order valence-corrected chi connectivity index (χ3v) is 4.20.